The number of fused-ring (bicyclic) bond motifs is 1. The van der Waals surface area contributed by atoms with Crippen LogP contribution in [0.15, 0.2) is 47.1 Å². The van der Waals surface area contributed by atoms with Gasteiger partial charge >= 0.3 is 18.4 Å². The van der Waals surface area contributed by atoms with Crippen molar-refractivity contribution < 1.29 is 45.4 Å². The van der Waals surface area contributed by atoms with Crippen LogP contribution >= 0.6 is 0 Å². The van der Waals surface area contributed by atoms with Crippen LogP contribution in [0.1, 0.15) is 79.9 Å². The van der Waals surface area contributed by atoms with Gasteiger partial charge in [-0.05, 0) is 88.3 Å². The minimum absolute atomic E-state index is 0.0449. The lowest BCUT2D eigenvalue weighted by atomic mass is 9.92. The van der Waals surface area contributed by atoms with Crippen molar-refractivity contribution in [1.29, 1.82) is 0 Å². The highest BCUT2D eigenvalue weighted by Gasteiger charge is 2.40. The second-order valence-corrected chi connectivity index (χ2v) is 12.1. The Bertz CT molecular complexity index is 1530. The molecule has 8 nitrogen and oxygen atoms in total. The number of benzene rings is 2. The number of alkyl halides is 6. The van der Waals surface area contributed by atoms with E-state index in [-0.39, 0.29) is 48.6 Å². The summed E-state index contributed by atoms with van der Waals surface area (Å²) >= 11 is 0. The van der Waals surface area contributed by atoms with Crippen LogP contribution in [0.5, 0.6) is 5.75 Å². The van der Waals surface area contributed by atoms with Gasteiger partial charge in [0, 0.05) is 18.7 Å². The number of amides is 2. The van der Waals surface area contributed by atoms with E-state index in [1.807, 2.05) is 0 Å². The first kappa shape index (κ1) is 34.6. The number of anilines is 1. The van der Waals surface area contributed by atoms with Crippen molar-refractivity contribution in [1.82, 2.24) is 10.6 Å². The summed E-state index contributed by atoms with van der Waals surface area (Å²) in [5, 5.41) is 8.01. The van der Waals surface area contributed by atoms with Crippen molar-refractivity contribution in [3.63, 3.8) is 0 Å². The van der Waals surface area contributed by atoms with Gasteiger partial charge in [0.2, 0.25) is 0 Å². The van der Waals surface area contributed by atoms with Crippen molar-refractivity contribution in [3.05, 3.63) is 64.4 Å². The molecule has 0 saturated heterocycles. The fourth-order valence-corrected chi connectivity index (χ4v) is 5.15. The number of carbonyl (C=O) groups excluding carboxylic acids is 2. The van der Waals surface area contributed by atoms with Crippen LogP contribution in [0.2, 0.25) is 0 Å². The summed E-state index contributed by atoms with van der Waals surface area (Å²) in [4.78, 5) is 29.9. The molecule has 2 aliphatic rings. The number of rotatable bonds is 6. The number of alkyl carbamates (subject to hydrolysis) is 1. The molecule has 1 aliphatic heterocycles. The molecule has 0 radical (unpaired) electrons. The predicted octanol–water partition coefficient (Wildman–Crippen LogP) is 8.19. The standard InChI is InChI=1S/C32H36F6N4O4/c1-30(2,3)46-29(44)39-17-18-8-13-23(32(36,37)38)25(14-18)42-27-7-5-6-19-15-26(45-4)22(16-24(19)41-27)28(43)40-21-11-9-20(10-12-21)31(33,34)35/h8,11,13-16,20H,5-7,9-10,12,17H2,1-4H3,(H,39,44)(H,40,43)(H,41,42). The number of nitrogens with one attached hydrogen (secondary N) is 3. The molecule has 0 bridgehead atoms. The fourth-order valence-electron chi connectivity index (χ4n) is 5.15. The molecule has 14 heteroatoms. The molecule has 1 heterocycles. The maximum absolute atomic E-state index is 14.0. The molecule has 0 spiro atoms. The number of allylic oxidation sites excluding steroid dienone is 2. The summed E-state index contributed by atoms with van der Waals surface area (Å²) < 4.78 is 91.6. The van der Waals surface area contributed by atoms with E-state index in [0.717, 1.165) is 6.07 Å². The average molecular weight is 655 g/mol. The maximum Gasteiger partial charge on any atom is 0.418 e. The van der Waals surface area contributed by atoms with Gasteiger partial charge in [0.15, 0.2) is 0 Å². The minimum Gasteiger partial charge on any atom is -0.496 e. The van der Waals surface area contributed by atoms with Gasteiger partial charge in [-0.3, -0.25) is 4.79 Å². The largest absolute Gasteiger partial charge is 0.496 e. The number of aryl methyl sites for hydroxylation is 1. The monoisotopic (exact) mass is 654 g/mol. The van der Waals surface area contributed by atoms with E-state index in [4.69, 9.17) is 9.47 Å². The molecule has 2 aromatic carbocycles. The molecular formula is C32H36F6N4O4. The highest BCUT2D eigenvalue weighted by atomic mass is 19.4. The van der Waals surface area contributed by atoms with Crippen LogP contribution in [-0.4, -0.2) is 36.7 Å². The van der Waals surface area contributed by atoms with Gasteiger partial charge in [0.1, 0.15) is 17.2 Å². The van der Waals surface area contributed by atoms with Gasteiger partial charge in [-0.1, -0.05) is 12.1 Å². The van der Waals surface area contributed by atoms with Gasteiger partial charge in [-0.15, -0.1) is 0 Å². The first-order chi connectivity index (χ1) is 21.4. The number of aliphatic imine (C=N–C) groups is 1. The van der Waals surface area contributed by atoms with Crippen molar-refractivity contribution in [3.8, 4) is 5.75 Å². The molecule has 250 valence electrons. The Morgan fingerprint density at radius 1 is 1.00 bits per heavy atom. The molecule has 2 aromatic rings. The number of hydrogen-bond donors (Lipinski definition) is 3. The van der Waals surface area contributed by atoms with Gasteiger partial charge < -0.3 is 25.4 Å². The zero-order valence-corrected chi connectivity index (χ0v) is 25.8. The highest BCUT2D eigenvalue weighted by Crippen LogP contribution is 2.38. The van der Waals surface area contributed by atoms with Crippen LogP contribution in [0, 0.1) is 5.92 Å². The van der Waals surface area contributed by atoms with Gasteiger partial charge in [-0.25, -0.2) is 9.79 Å². The Balaban J connectivity index is 1.58. The molecule has 2 amide bonds. The normalized spacial score (nSPS) is 17.1. The lowest BCUT2D eigenvalue weighted by molar-refractivity contribution is -0.176. The third kappa shape index (κ3) is 9.16. The Morgan fingerprint density at radius 3 is 2.35 bits per heavy atom. The topological polar surface area (TPSA) is 101 Å². The molecule has 4 rings (SSSR count). The summed E-state index contributed by atoms with van der Waals surface area (Å²) in [7, 11) is 1.38. The third-order valence-corrected chi connectivity index (χ3v) is 7.41. The number of carbonyl (C=O) groups is 2. The molecule has 46 heavy (non-hydrogen) atoms. The number of amidine groups is 1. The SMILES string of the molecule is COc1cc2c(cc1C(=O)NC1=CCC(C(F)(F)F)CC1)N=C(Nc1cc(CNC(=O)OC(C)(C)C)ccc1C(F)(F)F)CCC2. The fraction of sp³-hybridized carbons (Fsp3) is 0.469. The summed E-state index contributed by atoms with van der Waals surface area (Å²) in [5.41, 5.74) is -0.0415. The van der Waals surface area contributed by atoms with Gasteiger partial charge in [0.25, 0.3) is 5.91 Å². The number of nitrogens with zero attached hydrogens (tertiary/aromatic N) is 1. The molecule has 0 saturated carbocycles. The van der Waals surface area contributed by atoms with Gasteiger partial charge in [-0.2, -0.15) is 26.3 Å². The number of hydrogen-bond acceptors (Lipinski definition) is 6. The summed E-state index contributed by atoms with van der Waals surface area (Å²) in [5.74, 6) is -1.60. The maximum atomic E-state index is 14.0. The van der Waals surface area contributed by atoms with Gasteiger partial charge in [0.05, 0.1) is 35.5 Å². The second-order valence-electron chi connectivity index (χ2n) is 12.1. The zero-order chi connectivity index (χ0) is 33.9. The first-order valence-electron chi connectivity index (χ1n) is 14.7. The quantitative estimate of drug-likeness (QED) is 0.273. The number of halogens is 6. The van der Waals surface area contributed by atoms with Crippen molar-refractivity contribution in [2.45, 2.75) is 83.8 Å². The molecular weight excluding hydrogens is 618 g/mol. The Morgan fingerprint density at radius 2 is 1.74 bits per heavy atom. The van der Waals surface area contributed by atoms with E-state index in [1.54, 1.807) is 26.8 Å². The van der Waals surface area contributed by atoms with Crippen LogP contribution in [0.25, 0.3) is 0 Å². The molecule has 1 aliphatic carbocycles. The van der Waals surface area contributed by atoms with E-state index in [9.17, 15) is 35.9 Å². The lowest BCUT2D eigenvalue weighted by Gasteiger charge is -2.24. The molecule has 3 N–H and O–H groups in total. The molecule has 0 fully saturated rings. The Labute approximate surface area is 262 Å². The highest BCUT2D eigenvalue weighted by molar-refractivity contribution is 6.01. The molecule has 0 aromatic heterocycles. The third-order valence-electron chi connectivity index (χ3n) is 7.41. The first-order valence-corrected chi connectivity index (χ1v) is 14.7. The number of methoxy groups -OCH3 is 1. The van der Waals surface area contributed by atoms with Crippen LogP contribution in [0.3, 0.4) is 0 Å². The summed E-state index contributed by atoms with van der Waals surface area (Å²) in [6, 6.07) is 6.56. The molecule has 1 unspecified atom stereocenters. The molecule has 1 atom stereocenters. The van der Waals surface area contributed by atoms with Crippen LogP contribution in [0.4, 0.5) is 42.5 Å². The Kier molecular flexibility index (Phi) is 10.3. The van der Waals surface area contributed by atoms with E-state index in [2.05, 4.69) is 20.9 Å². The van der Waals surface area contributed by atoms with Crippen LogP contribution in [-0.2, 0) is 23.9 Å². The summed E-state index contributed by atoms with van der Waals surface area (Å²) in [6.07, 6.45) is -7.36. The average Bonchev–Trinajstić information content (AvgIpc) is 3.14. The van der Waals surface area contributed by atoms with E-state index in [1.165, 1.54) is 31.4 Å². The van der Waals surface area contributed by atoms with Crippen molar-refractivity contribution in [2.24, 2.45) is 10.9 Å². The smallest absolute Gasteiger partial charge is 0.418 e. The zero-order valence-electron chi connectivity index (χ0n) is 25.8. The van der Waals surface area contributed by atoms with Crippen molar-refractivity contribution >= 4 is 29.2 Å². The lowest BCUT2D eigenvalue weighted by Crippen LogP contribution is -2.32. The second kappa shape index (κ2) is 13.6. The van der Waals surface area contributed by atoms with Crippen LogP contribution < -0.4 is 20.7 Å². The minimum atomic E-state index is -4.69. The Hall–Kier alpha value is -4.23. The van der Waals surface area contributed by atoms with E-state index >= 15 is 0 Å². The van der Waals surface area contributed by atoms with Crippen molar-refractivity contribution in [2.75, 3.05) is 12.4 Å². The number of ether oxygens (including phenoxy) is 2. The summed E-state index contributed by atoms with van der Waals surface area (Å²) in [6.45, 7) is 4.98. The predicted molar refractivity (Wildman–Crippen MR) is 160 cm³/mol. The van der Waals surface area contributed by atoms with E-state index < -0.39 is 41.4 Å². The van der Waals surface area contributed by atoms with E-state index in [0.29, 0.717) is 41.8 Å².